The van der Waals surface area contributed by atoms with Crippen molar-refractivity contribution in [2.24, 2.45) is 0 Å². The molecule has 0 spiro atoms. The second kappa shape index (κ2) is 7.33. The van der Waals surface area contributed by atoms with Crippen molar-refractivity contribution in [2.45, 2.75) is 18.9 Å². The molecule has 6 heteroatoms. The standard InChI is InChI=1S/C12H15F4NO/c1-17-11(2-3-18-7-12(15)16)8-4-9(13)6-10(14)5-8/h4-6,11-12,17H,2-3,7H2,1H3. The predicted octanol–water partition coefficient (Wildman–Crippen LogP) is 2.90. The van der Waals surface area contributed by atoms with Crippen LogP contribution in [-0.4, -0.2) is 26.7 Å². The lowest BCUT2D eigenvalue weighted by Gasteiger charge is -2.17. The number of halogens is 4. The lowest BCUT2D eigenvalue weighted by atomic mass is 10.0. The Morgan fingerprint density at radius 2 is 1.78 bits per heavy atom. The fourth-order valence-electron chi connectivity index (χ4n) is 1.63. The van der Waals surface area contributed by atoms with Gasteiger partial charge in [-0.25, -0.2) is 17.6 Å². The SMILES string of the molecule is CNC(CCOCC(F)F)c1cc(F)cc(F)c1. The second-order valence-electron chi connectivity index (χ2n) is 3.80. The Kier molecular flexibility index (Phi) is 6.07. The molecule has 1 rings (SSSR count). The van der Waals surface area contributed by atoms with Crippen LogP contribution in [0, 0.1) is 11.6 Å². The van der Waals surface area contributed by atoms with Crippen LogP contribution in [0.2, 0.25) is 0 Å². The molecule has 0 aliphatic carbocycles. The zero-order valence-corrected chi connectivity index (χ0v) is 9.93. The molecule has 1 N–H and O–H groups in total. The van der Waals surface area contributed by atoms with Crippen LogP contribution in [0.25, 0.3) is 0 Å². The summed E-state index contributed by atoms with van der Waals surface area (Å²) >= 11 is 0. The highest BCUT2D eigenvalue weighted by atomic mass is 19.3. The van der Waals surface area contributed by atoms with E-state index >= 15 is 0 Å². The zero-order valence-electron chi connectivity index (χ0n) is 9.93. The summed E-state index contributed by atoms with van der Waals surface area (Å²) in [5, 5.41) is 2.86. The van der Waals surface area contributed by atoms with Crippen molar-refractivity contribution in [3.63, 3.8) is 0 Å². The first-order chi connectivity index (χ1) is 8.52. The summed E-state index contributed by atoms with van der Waals surface area (Å²) < 4.78 is 54.4. The molecule has 0 heterocycles. The summed E-state index contributed by atoms with van der Waals surface area (Å²) in [5.41, 5.74) is 0.427. The van der Waals surface area contributed by atoms with Gasteiger partial charge < -0.3 is 10.1 Å². The Morgan fingerprint density at radius 1 is 1.17 bits per heavy atom. The summed E-state index contributed by atoms with van der Waals surface area (Å²) in [6.45, 7) is -0.540. The molecule has 1 atom stereocenters. The maximum absolute atomic E-state index is 13.0. The molecule has 0 bridgehead atoms. The van der Waals surface area contributed by atoms with Gasteiger partial charge in [-0.3, -0.25) is 0 Å². The third-order valence-corrected chi connectivity index (χ3v) is 2.43. The van der Waals surface area contributed by atoms with Gasteiger partial charge in [0.25, 0.3) is 6.43 Å². The Hall–Kier alpha value is -1.14. The number of nitrogens with one attached hydrogen (secondary N) is 1. The zero-order chi connectivity index (χ0) is 13.5. The molecule has 18 heavy (non-hydrogen) atoms. The van der Waals surface area contributed by atoms with Gasteiger partial charge in [-0.15, -0.1) is 0 Å². The molecule has 1 aromatic carbocycles. The molecule has 0 radical (unpaired) electrons. The fourth-order valence-corrected chi connectivity index (χ4v) is 1.63. The van der Waals surface area contributed by atoms with Crippen LogP contribution in [0.3, 0.4) is 0 Å². The van der Waals surface area contributed by atoms with Crippen LogP contribution in [-0.2, 0) is 4.74 Å². The fraction of sp³-hybridized carbons (Fsp3) is 0.500. The molecule has 0 saturated carbocycles. The first-order valence-corrected chi connectivity index (χ1v) is 5.52. The quantitative estimate of drug-likeness (QED) is 0.604. The van der Waals surface area contributed by atoms with Crippen LogP contribution < -0.4 is 5.32 Å². The monoisotopic (exact) mass is 265 g/mol. The largest absolute Gasteiger partial charge is 0.375 e. The first kappa shape index (κ1) is 14.9. The lowest BCUT2D eigenvalue weighted by molar-refractivity contribution is 0.0145. The van der Waals surface area contributed by atoms with Gasteiger partial charge in [-0.2, -0.15) is 0 Å². The van der Waals surface area contributed by atoms with Gasteiger partial charge in [0.1, 0.15) is 18.2 Å². The summed E-state index contributed by atoms with van der Waals surface area (Å²) in [6, 6.07) is 2.85. The molecule has 0 aliphatic rings. The highest BCUT2D eigenvalue weighted by molar-refractivity contribution is 5.21. The second-order valence-corrected chi connectivity index (χ2v) is 3.80. The van der Waals surface area contributed by atoms with Crippen molar-refractivity contribution < 1.29 is 22.3 Å². The number of benzene rings is 1. The van der Waals surface area contributed by atoms with E-state index < -0.39 is 24.7 Å². The molecule has 102 valence electrons. The maximum atomic E-state index is 13.0. The van der Waals surface area contributed by atoms with Crippen LogP contribution in [0.4, 0.5) is 17.6 Å². The number of hydrogen-bond donors (Lipinski definition) is 1. The van der Waals surface area contributed by atoms with Crippen molar-refractivity contribution in [1.82, 2.24) is 5.32 Å². The average Bonchev–Trinajstić information content (AvgIpc) is 2.27. The van der Waals surface area contributed by atoms with Crippen LogP contribution >= 0.6 is 0 Å². The highest BCUT2D eigenvalue weighted by Crippen LogP contribution is 2.19. The van der Waals surface area contributed by atoms with Gasteiger partial charge in [0, 0.05) is 18.7 Å². The van der Waals surface area contributed by atoms with Gasteiger partial charge in [0.05, 0.1) is 0 Å². The minimum atomic E-state index is -2.51. The van der Waals surface area contributed by atoms with Gasteiger partial charge in [-0.1, -0.05) is 0 Å². The Labute approximate surface area is 103 Å². The minimum Gasteiger partial charge on any atom is -0.375 e. The van der Waals surface area contributed by atoms with Crippen LogP contribution in [0.5, 0.6) is 0 Å². The molecule has 1 unspecified atom stereocenters. The molecule has 0 amide bonds. The molecule has 0 aromatic heterocycles. The summed E-state index contributed by atoms with van der Waals surface area (Å²) in [4.78, 5) is 0. The number of ether oxygens (including phenoxy) is 1. The van der Waals surface area contributed by atoms with E-state index in [1.807, 2.05) is 0 Å². The van der Waals surface area contributed by atoms with E-state index in [4.69, 9.17) is 4.74 Å². The maximum Gasteiger partial charge on any atom is 0.261 e. The third kappa shape index (κ3) is 5.01. The van der Waals surface area contributed by atoms with Crippen molar-refractivity contribution in [1.29, 1.82) is 0 Å². The van der Waals surface area contributed by atoms with Gasteiger partial charge in [0.15, 0.2) is 0 Å². The highest BCUT2D eigenvalue weighted by Gasteiger charge is 2.12. The van der Waals surface area contributed by atoms with Crippen molar-refractivity contribution in [3.05, 3.63) is 35.4 Å². The Bertz CT molecular complexity index is 353. The Balaban J connectivity index is 2.54. The van der Waals surface area contributed by atoms with Crippen LogP contribution in [0.15, 0.2) is 18.2 Å². The van der Waals surface area contributed by atoms with Crippen molar-refractivity contribution >= 4 is 0 Å². The van der Waals surface area contributed by atoms with E-state index in [2.05, 4.69) is 5.32 Å². The van der Waals surface area contributed by atoms with Gasteiger partial charge in [-0.05, 0) is 31.2 Å². The van der Waals surface area contributed by atoms with Crippen LogP contribution in [0.1, 0.15) is 18.0 Å². The average molecular weight is 265 g/mol. The third-order valence-electron chi connectivity index (χ3n) is 2.43. The topological polar surface area (TPSA) is 21.3 Å². The minimum absolute atomic E-state index is 0.0912. The van der Waals surface area contributed by atoms with E-state index in [1.165, 1.54) is 12.1 Å². The van der Waals surface area contributed by atoms with Gasteiger partial charge >= 0.3 is 0 Å². The molecule has 0 aliphatic heterocycles. The van der Waals surface area contributed by atoms with E-state index in [0.29, 0.717) is 12.0 Å². The van der Waals surface area contributed by atoms with E-state index in [9.17, 15) is 17.6 Å². The summed E-state index contributed by atoms with van der Waals surface area (Å²) in [6.07, 6.45) is -2.16. The smallest absolute Gasteiger partial charge is 0.261 e. The Morgan fingerprint density at radius 3 is 2.28 bits per heavy atom. The molecular weight excluding hydrogens is 250 g/mol. The summed E-state index contributed by atoms with van der Waals surface area (Å²) in [7, 11) is 1.63. The predicted molar refractivity (Wildman–Crippen MR) is 59.6 cm³/mol. The van der Waals surface area contributed by atoms with Crippen molar-refractivity contribution in [2.75, 3.05) is 20.3 Å². The first-order valence-electron chi connectivity index (χ1n) is 5.52. The van der Waals surface area contributed by atoms with Crippen molar-refractivity contribution in [3.8, 4) is 0 Å². The number of hydrogen-bond acceptors (Lipinski definition) is 2. The summed E-state index contributed by atoms with van der Waals surface area (Å²) in [5.74, 6) is -1.34. The lowest BCUT2D eigenvalue weighted by Crippen LogP contribution is -2.19. The molecule has 1 aromatic rings. The van der Waals surface area contributed by atoms with E-state index in [0.717, 1.165) is 6.07 Å². The van der Waals surface area contributed by atoms with E-state index in [1.54, 1.807) is 7.05 Å². The number of alkyl halides is 2. The molecule has 2 nitrogen and oxygen atoms in total. The molecular formula is C12H15F4NO. The van der Waals surface area contributed by atoms with Gasteiger partial charge in [0.2, 0.25) is 0 Å². The molecule has 0 saturated heterocycles. The molecule has 0 fully saturated rings. The number of rotatable bonds is 7. The van der Waals surface area contributed by atoms with E-state index in [-0.39, 0.29) is 12.6 Å². The normalized spacial score (nSPS) is 13.0.